The van der Waals surface area contributed by atoms with Crippen molar-refractivity contribution in [3.63, 3.8) is 0 Å². The van der Waals surface area contributed by atoms with Gasteiger partial charge in [-0.3, -0.25) is 4.79 Å². The van der Waals surface area contributed by atoms with Crippen LogP contribution in [0.4, 0.5) is 5.69 Å². The predicted octanol–water partition coefficient (Wildman–Crippen LogP) is 4.70. The fourth-order valence-electron chi connectivity index (χ4n) is 2.06. The maximum Gasteiger partial charge on any atom is 0.255 e. The number of carbonyl (C=O) groups is 1. The number of nitrogens with one attached hydrogen (secondary N) is 1. The fourth-order valence-corrected chi connectivity index (χ4v) is 2.24. The van der Waals surface area contributed by atoms with Crippen LogP contribution in [-0.4, -0.2) is 19.6 Å². The van der Waals surface area contributed by atoms with E-state index in [9.17, 15) is 4.79 Å². The Morgan fingerprint density at radius 1 is 1.17 bits per heavy atom. The van der Waals surface area contributed by atoms with E-state index in [4.69, 9.17) is 21.1 Å². The first-order valence-corrected chi connectivity index (χ1v) is 7.81. The van der Waals surface area contributed by atoms with Gasteiger partial charge in [-0.1, -0.05) is 24.6 Å². The second-order valence-electron chi connectivity index (χ2n) is 5.13. The number of ether oxygens (including phenoxy) is 2. The Bertz CT molecular complexity index is 701. The number of rotatable bonds is 6. The van der Waals surface area contributed by atoms with E-state index in [1.807, 2.05) is 19.9 Å². The first-order chi connectivity index (χ1) is 11.0. The van der Waals surface area contributed by atoms with Gasteiger partial charge < -0.3 is 14.8 Å². The monoisotopic (exact) mass is 333 g/mol. The fraction of sp³-hybridized carbons (Fsp3) is 0.278. The van der Waals surface area contributed by atoms with E-state index in [-0.39, 0.29) is 5.91 Å². The summed E-state index contributed by atoms with van der Waals surface area (Å²) in [5.74, 6) is 0.939. The average molecular weight is 334 g/mol. The Kier molecular flexibility index (Phi) is 5.88. The Morgan fingerprint density at radius 2 is 1.96 bits per heavy atom. The van der Waals surface area contributed by atoms with Gasteiger partial charge in [0.25, 0.3) is 5.91 Å². The molecule has 0 aliphatic rings. The number of methoxy groups -OCH3 is 1. The molecular weight excluding hydrogens is 314 g/mol. The summed E-state index contributed by atoms with van der Waals surface area (Å²) >= 11 is 5.98. The van der Waals surface area contributed by atoms with Crippen molar-refractivity contribution in [2.24, 2.45) is 0 Å². The summed E-state index contributed by atoms with van der Waals surface area (Å²) in [4.78, 5) is 12.4. The summed E-state index contributed by atoms with van der Waals surface area (Å²) in [7, 11) is 1.55. The smallest absolute Gasteiger partial charge is 0.255 e. The van der Waals surface area contributed by atoms with Gasteiger partial charge >= 0.3 is 0 Å². The molecule has 0 aliphatic heterocycles. The third-order valence-corrected chi connectivity index (χ3v) is 3.57. The summed E-state index contributed by atoms with van der Waals surface area (Å²) in [6.45, 7) is 4.54. The quantitative estimate of drug-likeness (QED) is 0.833. The molecule has 2 aromatic rings. The molecule has 2 rings (SSSR count). The molecule has 0 fully saturated rings. The molecule has 23 heavy (non-hydrogen) atoms. The van der Waals surface area contributed by atoms with E-state index in [2.05, 4.69) is 5.32 Å². The Balaban J connectivity index is 2.20. The molecule has 4 nitrogen and oxygen atoms in total. The highest BCUT2D eigenvalue weighted by molar-refractivity contribution is 6.31. The minimum absolute atomic E-state index is 0.226. The number of halogens is 1. The highest BCUT2D eigenvalue weighted by Crippen LogP contribution is 2.29. The van der Waals surface area contributed by atoms with Crippen LogP contribution in [0, 0.1) is 6.92 Å². The van der Waals surface area contributed by atoms with Crippen molar-refractivity contribution < 1.29 is 14.3 Å². The number of hydrogen-bond acceptors (Lipinski definition) is 3. The Morgan fingerprint density at radius 3 is 2.65 bits per heavy atom. The molecule has 0 saturated heterocycles. The third-order valence-electron chi connectivity index (χ3n) is 3.34. The molecule has 0 heterocycles. The summed E-state index contributed by atoms with van der Waals surface area (Å²) in [6, 6.07) is 10.5. The molecule has 0 aromatic heterocycles. The van der Waals surface area contributed by atoms with Crippen molar-refractivity contribution in [3.8, 4) is 11.5 Å². The summed E-state index contributed by atoms with van der Waals surface area (Å²) < 4.78 is 10.9. The van der Waals surface area contributed by atoms with E-state index in [1.54, 1.807) is 37.4 Å². The highest BCUT2D eigenvalue weighted by atomic mass is 35.5. The van der Waals surface area contributed by atoms with Crippen LogP contribution in [0.25, 0.3) is 0 Å². The van der Waals surface area contributed by atoms with Crippen LogP contribution in [0.3, 0.4) is 0 Å². The van der Waals surface area contributed by atoms with E-state index >= 15 is 0 Å². The SMILES string of the molecule is CCCOc1ccc(C(=O)Nc2cc(Cl)ccc2C)cc1OC. The summed E-state index contributed by atoms with van der Waals surface area (Å²) in [5, 5.41) is 3.44. The van der Waals surface area contributed by atoms with Crippen LogP contribution >= 0.6 is 11.6 Å². The van der Waals surface area contributed by atoms with E-state index in [1.165, 1.54) is 0 Å². The van der Waals surface area contributed by atoms with Crippen LogP contribution in [0.2, 0.25) is 5.02 Å². The van der Waals surface area contributed by atoms with Crippen molar-refractivity contribution >= 4 is 23.2 Å². The van der Waals surface area contributed by atoms with E-state index in [0.717, 1.165) is 12.0 Å². The topological polar surface area (TPSA) is 47.6 Å². The van der Waals surface area contributed by atoms with Gasteiger partial charge in [-0.25, -0.2) is 0 Å². The molecule has 2 aromatic carbocycles. The largest absolute Gasteiger partial charge is 0.493 e. The highest BCUT2D eigenvalue weighted by Gasteiger charge is 2.12. The van der Waals surface area contributed by atoms with Crippen LogP contribution in [0.5, 0.6) is 11.5 Å². The zero-order chi connectivity index (χ0) is 16.8. The lowest BCUT2D eigenvalue weighted by atomic mass is 10.1. The number of benzene rings is 2. The molecule has 122 valence electrons. The molecule has 0 aliphatic carbocycles. The molecule has 1 N–H and O–H groups in total. The molecule has 0 spiro atoms. The molecular formula is C18H20ClNO3. The zero-order valence-corrected chi connectivity index (χ0v) is 14.2. The molecule has 0 bridgehead atoms. The second kappa shape index (κ2) is 7.88. The van der Waals surface area contributed by atoms with Crippen molar-refractivity contribution in [1.82, 2.24) is 0 Å². The molecule has 0 radical (unpaired) electrons. The van der Waals surface area contributed by atoms with Gasteiger partial charge in [0, 0.05) is 16.3 Å². The Labute approximate surface area is 141 Å². The van der Waals surface area contributed by atoms with E-state index < -0.39 is 0 Å². The summed E-state index contributed by atoms with van der Waals surface area (Å²) in [6.07, 6.45) is 0.902. The van der Waals surface area contributed by atoms with Crippen LogP contribution in [-0.2, 0) is 0 Å². The minimum atomic E-state index is -0.226. The molecule has 1 amide bonds. The second-order valence-corrected chi connectivity index (χ2v) is 5.56. The third kappa shape index (κ3) is 4.39. The van der Waals surface area contributed by atoms with Crippen molar-refractivity contribution in [1.29, 1.82) is 0 Å². The van der Waals surface area contributed by atoms with Crippen molar-refractivity contribution in [2.75, 3.05) is 19.0 Å². The van der Waals surface area contributed by atoms with Gasteiger partial charge in [-0.05, 0) is 49.2 Å². The van der Waals surface area contributed by atoms with Gasteiger partial charge in [0.05, 0.1) is 13.7 Å². The lowest BCUT2D eigenvalue weighted by Gasteiger charge is -2.12. The predicted molar refractivity (Wildman–Crippen MR) is 92.9 cm³/mol. The first-order valence-electron chi connectivity index (χ1n) is 7.43. The summed E-state index contributed by atoms with van der Waals surface area (Å²) in [5.41, 5.74) is 2.12. The number of aryl methyl sites for hydroxylation is 1. The standard InChI is InChI=1S/C18H20ClNO3/c1-4-9-23-16-8-6-13(10-17(16)22-3)18(21)20-15-11-14(19)7-5-12(15)2/h5-8,10-11H,4,9H2,1-3H3,(H,20,21). The van der Waals surface area contributed by atoms with E-state index in [0.29, 0.717) is 34.4 Å². The van der Waals surface area contributed by atoms with Crippen LogP contribution in [0.1, 0.15) is 29.3 Å². The Hall–Kier alpha value is -2.20. The first kappa shape index (κ1) is 17.2. The molecule has 0 atom stereocenters. The van der Waals surface area contributed by atoms with Gasteiger partial charge in [0.2, 0.25) is 0 Å². The van der Waals surface area contributed by atoms with Gasteiger partial charge in [0.1, 0.15) is 0 Å². The number of carbonyl (C=O) groups excluding carboxylic acids is 1. The number of hydrogen-bond donors (Lipinski definition) is 1. The average Bonchev–Trinajstić information content (AvgIpc) is 2.56. The van der Waals surface area contributed by atoms with Gasteiger partial charge in [-0.15, -0.1) is 0 Å². The van der Waals surface area contributed by atoms with Crippen LogP contribution < -0.4 is 14.8 Å². The number of anilines is 1. The molecule has 0 saturated carbocycles. The van der Waals surface area contributed by atoms with Gasteiger partial charge in [-0.2, -0.15) is 0 Å². The molecule has 0 unspecified atom stereocenters. The lowest BCUT2D eigenvalue weighted by molar-refractivity contribution is 0.102. The van der Waals surface area contributed by atoms with Gasteiger partial charge in [0.15, 0.2) is 11.5 Å². The van der Waals surface area contributed by atoms with Crippen molar-refractivity contribution in [2.45, 2.75) is 20.3 Å². The van der Waals surface area contributed by atoms with Crippen LogP contribution in [0.15, 0.2) is 36.4 Å². The lowest BCUT2D eigenvalue weighted by Crippen LogP contribution is -2.13. The normalized spacial score (nSPS) is 10.3. The van der Waals surface area contributed by atoms with Crippen molar-refractivity contribution in [3.05, 3.63) is 52.5 Å². The number of amides is 1. The zero-order valence-electron chi connectivity index (χ0n) is 13.5. The maximum atomic E-state index is 12.4. The maximum absolute atomic E-state index is 12.4. The minimum Gasteiger partial charge on any atom is -0.493 e. The molecule has 5 heteroatoms.